The van der Waals surface area contributed by atoms with Gasteiger partial charge in [-0.15, -0.1) is 11.3 Å². The lowest BCUT2D eigenvalue weighted by atomic mass is 10.1. The molecule has 5 nitrogen and oxygen atoms in total. The van der Waals surface area contributed by atoms with E-state index in [1.807, 2.05) is 47.8 Å². The second-order valence-corrected chi connectivity index (χ2v) is 7.23. The van der Waals surface area contributed by atoms with E-state index in [9.17, 15) is 4.79 Å². The number of benzene rings is 2. The summed E-state index contributed by atoms with van der Waals surface area (Å²) in [6.45, 7) is 0.243. The van der Waals surface area contributed by atoms with Gasteiger partial charge in [0.05, 0.1) is 12.1 Å². The summed E-state index contributed by atoms with van der Waals surface area (Å²) >= 11 is 4.80. The summed E-state index contributed by atoms with van der Waals surface area (Å²) in [5.74, 6) is 1.36. The lowest BCUT2D eigenvalue weighted by Gasteiger charge is -2.03. The van der Waals surface area contributed by atoms with Crippen LogP contribution in [0, 0.1) is 0 Å². The summed E-state index contributed by atoms with van der Waals surface area (Å²) < 4.78 is 11.7. The molecule has 0 bridgehead atoms. The Balaban J connectivity index is 1.45. The van der Waals surface area contributed by atoms with Crippen LogP contribution in [0.3, 0.4) is 0 Å². The fraction of sp³-hybridized carbons (Fsp3) is 0.111. The van der Waals surface area contributed by atoms with Crippen molar-refractivity contribution in [2.75, 3.05) is 12.1 Å². The molecule has 0 saturated heterocycles. The van der Waals surface area contributed by atoms with Crippen molar-refractivity contribution in [2.24, 2.45) is 0 Å². The van der Waals surface area contributed by atoms with E-state index in [-0.39, 0.29) is 12.7 Å². The van der Waals surface area contributed by atoms with Gasteiger partial charge in [0.1, 0.15) is 0 Å². The number of halogens is 1. The number of thiazole rings is 1. The molecule has 0 spiro atoms. The van der Waals surface area contributed by atoms with E-state index in [2.05, 4.69) is 26.2 Å². The number of carbonyl (C=O) groups is 1. The zero-order valence-electron chi connectivity index (χ0n) is 13.0. The number of aromatic nitrogens is 1. The standard InChI is InChI=1S/C18H13BrN2O3S/c19-13-3-1-2-11(6-13)7-17(22)21-18-20-14(9-25-18)12-4-5-15-16(8-12)24-10-23-15/h1-6,8-9H,7,10H2,(H,20,21,22). The Kier molecular flexibility index (Phi) is 4.42. The summed E-state index contributed by atoms with van der Waals surface area (Å²) in [4.78, 5) is 16.7. The van der Waals surface area contributed by atoms with E-state index in [0.29, 0.717) is 17.3 Å². The minimum Gasteiger partial charge on any atom is -0.454 e. The van der Waals surface area contributed by atoms with Crippen molar-refractivity contribution in [1.82, 2.24) is 4.98 Å². The summed E-state index contributed by atoms with van der Waals surface area (Å²) in [5.41, 5.74) is 2.66. The Labute approximate surface area is 156 Å². The average Bonchev–Trinajstić information content (AvgIpc) is 3.23. The topological polar surface area (TPSA) is 60.5 Å². The normalized spacial score (nSPS) is 12.2. The molecule has 2 heterocycles. The van der Waals surface area contributed by atoms with Gasteiger partial charge in [-0.05, 0) is 35.9 Å². The van der Waals surface area contributed by atoms with Crippen LogP contribution in [0.25, 0.3) is 11.3 Å². The van der Waals surface area contributed by atoms with Gasteiger partial charge in [0, 0.05) is 15.4 Å². The molecule has 0 atom stereocenters. The van der Waals surface area contributed by atoms with Crippen molar-refractivity contribution in [3.8, 4) is 22.8 Å². The number of nitrogens with zero attached hydrogens (tertiary/aromatic N) is 1. The zero-order chi connectivity index (χ0) is 17.2. The number of hydrogen-bond acceptors (Lipinski definition) is 5. The highest BCUT2D eigenvalue weighted by Gasteiger charge is 2.15. The van der Waals surface area contributed by atoms with Gasteiger partial charge >= 0.3 is 0 Å². The minimum atomic E-state index is -0.0929. The van der Waals surface area contributed by atoms with E-state index in [4.69, 9.17) is 9.47 Å². The van der Waals surface area contributed by atoms with Crippen molar-refractivity contribution >= 4 is 38.3 Å². The molecule has 4 rings (SSSR count). The second kappa shape index (κ2) is 6.85. The second-order valence-electron chi connectivity index (χ2n) is 5.46. The maximum absolute atomic E-state index is 12.2. The number of fused-ring (bicyclic) bond motifs is 1. The number of hydrogen-bond donors (Lipinski definition) is 1. The molecular formula is C18H13BrN2O3S. The van der Waals surface area contributed by atoms with E-state index in [0.717, 1.165) is 27.0 Å². The largest absolute Gasteiger partial charge is 0.454 e. The molecule has 3 aromatic rings. The van der Waals surface area contributed by atoms with Crippen molar-refractivity contribution < 1.29 is 14.3 Å². The minimum absolute atomic E-state index is 0.0929. The molecule has 0 unspecified atom stereocenters. The maximum atomic E-state index is 12.2. The highest BCUT2D eigenvalue weighted by molar-refractivity contribution is 9.10. The van der Waals surface area contributed by atoms with Gasteiger partial charge in [-0.25, -0.2) is 4.98 Å². The predicted octanol–water partition coefficient (Wildman–Crippen LogP) is 4.48. The summed E-state index contributed by atoms with van der Waals surface area (Å²) in [6.07, 6.45) is 0.304. The van der Waals surface area contributed by atoms with Crippen LogP contribution < -0.4 is 14.8 Å². The molecule has 7 heteroatoms. The van der Waals surface area contributed by atoms with Gasteiger partial charge in [-0.3, -0.25) is 4.79 Å². The smallest absolute Gasteiger partial charge is 0.231 e. The molecule has 1 aromatic heterocycles. The quantitative estimate of drug-likeness (QED) is 0.680. The Morgan fingerprint density at radius 1 is 1.20 bits per heavy atom. The molecule has 1 N–H and O–H groups in total. The van der Waals surface area contributed by atoms with Crippen LogP contribution in [0.15, 0.2) is 52.3 Å². The lowest BCUT2D eigenvalue weighted by molar-refractivity contribution is -0.115. The van der Waals surface area contributed by atoms with E-state index >= 15 is 0 Å². The first-order valence-electron chi connectivity index (χ1n) is 7.57. The summed E-state index contributed by atoms with van der Waals surface area (Å²) in [5, 5.41) is 5.34. The number of anilines is 1. The van der Waals surface area contributed by atoms with Crippen LogP contribution in [0.1, 0.15) is 5.56 Å². The molecule has 0 aliphatic carbocycles. The van der Waals surface area contributed by atoms with Gasteiger partial charge in [-0.2, -0.15) is 0 Å². The van der Waals surface area contributed by atoms with Crippen LogP contribution in [0.4, 0.5) is 5.13 Å². The van der Waals surface area contributed by atoms with Crippen molar-refractivity contribution in [3.05, 3.63) is 57.9 Å². The molecular weight excluding hydrogens is 404 g/mol. The molecule has 25 heavy (non-hydrogen) atoms. The highest BCUT2D eigenvalue weighted by Crippen LogP contribution is 2.36. The molecule has 1 aliphatic heterocycles. The Bertz CT molecular complexity index is 942. The maximum Gasteiger partial charge on any atom is 0.231 e. The Morgan fingerprint density at radius 3 is 2.96 bits per heavy atom. The van der Waals surface area contributed by atoms with Gasteiger partial charge in [0.2, 0.25) is 12.7 Å². The zero-order valence-corrected chi connectivity index (χ0v) is 15.4. The predicted molar refractivity (Wildman–Crippen MR) is 100 cm³/mol. The summed E-state index contributed by atoms with van der Waals surface area (Å²) in [6, 6.07) is 13.4. The molecule has 1 aliphatic rings. The van der Waals surface area contributed by atoms with E-state index in [1.54, 1.807) is 0 Å². The fourth-order valence-electron chi connectivity index (χ4n) is 2.52. The monoisotopic (exact) mass is 416 g/mol. The van der Waals surface area contributed by atoms with E-state index in [1.165, 1.54) is 11.3 Å². The van der Waals surface area contributed by atoms with Gasteiger partial charge in [0.15, 0.2) is 16.6 Å². The van der Waals surface area contributed by atoms with Crippen molar-refractivity contribution in [2.45, 2.75) is 6.42 Å². The number of rotatable bonds is 4. The Hall–Kier alpha value is -2.38. The van der Waals surface area contributed by atoms with E-state index < -0.39 is 0 Å². The summed E-state index contributed by atoms with van der Waals surface area (Å²) in [7, 11) is 0. The van der Waals surface area contributed by atoms with Crippen LogP contribution in [-0.4, -0.2) is 17.7 Å². The first kappa shape index (κ1) is 16.1. The molecule has 0 radical (unpaired) electrons. The fourth-order valence-corrected chi connectivity index (χ4v) is 3.70. The number of nitrogens with one attached hydrogen (secondary N) is 1. The molecule has 0 fully saturated rings. The number of carbonyl (C=O) groups excluding carboxylic acids is 1. The third kappa shape index (κ3) is 3.67. The third-order valence-electron chi connectivity index (χ3n) is 3.67. The van der Waals surface area contributed by atoms with Gasteiger partial charge in [-0.1, -0.05) is 28.1 Å². The van der Waals surface area contributed by atoms with Crippen LogP contribution in [-0.2, 0) is 11.2 Å². The molecule has 2 aromatic carbocycles. The third-order valence-corrected chi connectivity index (χ3v) is 4.92. The average molecular weight is 417 g/mol. The SMILES string of the molecule is O=C(Cc1cccc(Br)c1)Nc1nc(-c2ccc3c(c2)OCO3)cs1. The van der Waals surface area contributed by atoms with Crippen LogP contribution in [0.5, 0.6) is 11.5 Å². The van der Waals surface area contributed by atoms with Gasteiger partial charge < -0.3 is 14.8 Å². The number of amides is 1. The molecule has 126 valence electrons. The first-order valence-corrected chi connectivity index (χ1v) is 9.24. The van der Waals surface area contributed by atoms with Crippen LogP contribution >= 0.6 is 27.3 Å². The Morgan fingerprint density at radius 2 is 2.08 bits per heavy atom. The lowest BCUT2D eigenvalue weighted by Crippen LogP contribution is -2.14. The van der Waals surface area contributed by atoms with Crippen LogP contribution in [0.2, 0.25) is 0 Å². The first-order chi connectivity index (χ1) is 12.2. The van der Waals surface area contributed by atoms with Crippen molar-refractivity contribution in [3.63, 3.8) is 0 Å². The molecule has 0 saturated carbocycles. The highest BCUT2D eigenvalue weighted by atomic mass is 79.9. The number of ether oxygens (including phenoxy) is 2. The van der Waals surface area contributed by atoms with Gasteiger partial charge in [0.25, 0.3) is 0 Å². The molecule has 1 amide bonds. The van der Waals surface area contributed by atoms with Crippen molar-refractivity contribution in [1.29, 1.82) is 0 Å².